The Labute approximate surface area is 118 Å². The standard InChI is InChI=1S/C16H18FNO2/c1-19-14-6-8-15(9-7-14)20-11-10-18-12-13-4-2-3-5-16(13)17/h2-9,18H,10-12H2,1H3. The van der Waals surface area contributed by atoms with Crippen molar-refractivity contribution in [2.75, 3.05) is 20.3 Å². The molecule has 0 amide bonds. The smallest absolute Gasteiger partial charge is 0.127 e. The number of methoxy groups -OCH3 is 1. The molecule has 0 aliphatic heterocycles. The molecule has 0 unspecified atom stereocenters. The molecule has 4 heteroatoms. The third kappa shape index (κ3) is 4.24. The van der Waals surface area contributed by atoms with Crippen molar-refractivity contribution < 1.29 is 13.9 Å². The van der Waals surface area contributed by atoms with Gasteiger partial charge in [0.15, 0.2) is 0 Å². The molecule has 0 saturated heterocycles. The lowest BCUT2D eigenvalue weighted by Crippen LogP contribution is -2.21. The summed E-state index contributed by atoms with van der Waals surface area (Å²) in [5.41, 5.74) is 0.664. The molecule has 0 aliphatic carbocycles. The largest absolute Gasteiger partial charge is 0.497 e. The zero-order chi connectivity index (χ0) is 14.2. The average molecular weight is 275 g/mol. The predicted molar refractivity (Wildman–Crippen MR) is 76.6 cm³/mol. The minimum absolute atomic E-state index is 0.184. The lowest BCUT2D eigenvalue weighted by atomic mass is 10.2. The molecule has 0 radical (unpaired) electrons. The first-order valence-electron chi connectivity index (χ1n) is 6.50. The van der Waals surface area contributed by atoms with Crippen molar-refractivity contribution in [3.8, 4) is 11.5 Å². The molecule has 0 atom stereocenters. The van der Waals surface area contributed by atoms with E-state index in [4.69, 9.17) is 9.47 Å². The summed E-state index contributed by atoms with van der Waals surface area (Å²) >= 11 is 0. The van der Waals surface area contributed by atoms with Crippen LogP contribution >= 0.6 is 0 Å². The van der Waals surface area contributed by atoms with Crippen molar-refractivity contribution >= 4 is 0 Å². The summed E-state index contributed by atoms with van der Waals surface area (Å²) in [6.07, 6.45) is 0. The fourth-order valence-corrected chi connectivity index (χ4v) is 1.78. The lowest BCUT2D eigenvalue weighted by molar-refractivity contribution is 0.312. The van der Waals surface area contributed by atoms with E-state index in [1.807, 2.05) is 30.3 Å². The van der Waals surface area contributed by atoms with Gasteiger partial charge in [0.25, 0.3) is 0 Å². The number of ether oxygens (including phenoxy) is 2. The number of halogens is 1. The summed E-state index contributed by atoms with van der Waals surface area (Å²) in [4.78, 5) is 0. The van der Waals surface area contributed by atoms with Crippen LogP contribution in [0.3, 0.4) is 0 Å². The monoisotopic (exact) mass is 275 g/mol. The highest BCUT2D eigenvalue weighted by Gasteiger charge is 1.99. The Morgan fingerprint density at radius 2 is 1.70 bits per heavy atom. The molecular weight excluding hydrogens is 257 g/mol. The summed E-state index contributed by atoms with van der Waals surface area (Å²) < 4.78 is 24.0. The molecule has 0 bridgehead atoms. The minimum Gasteiger partial charge on any atom is -0.497 e. The van der Waals surface area contributed by atoms with Crippen molar-refractivity contribution in [3.05, 3.63) is 59.9 Å². The molecule has 0 aromatic heterocycles. The van der Waals surface area contributed by atoms with Crippen LogP contribution in [0.4, 0.5) is 4.39 Å². The van der Waals surface area contributed by atoms with Crippen molar-refractivity contribution in [2.24, 2.45) is 0 Å². The lowest BCUT2D eigenvalue weighted by Gasteiger charge is -2.08. The van der Waals surface area contributed by atoms with E-state index < -0.39 is 0 Å². The third-order valence-corrected chi connectivity index (χ3v) is 2.88. The van der Waals surface area contributed by atoms with Gasteiger partial charge in [0.1, 0.15) is 23.9 Å². The Morgan fingerprint density at radius 3 is 2.40 bits per heavy atom. The van der Waals surface area contributed by atoms with E-state index in [2.05, 4.69) is 5.32 Å². The second-order valence-corrected chi connectivity index (χ2v) is 4.29. The fourth-order valence-electron chi connectivity index (χ4n) is 1.78. The molecule has 0 spiro atoms. The van der Waals surface area contributed by atoms with Gasteiger partial charge in [-0.1, -0.05) is 18.2 Å². The second kappa shape index (κ2) is 7.50. The van der Waals surface area contributed by atoms with Gasteiger partial charge in [-0.3, -0.25) is 0 Å². The molecule has 0 fully saturated rings. The highest BCUT2D eigenvalue weighted by molar-refractivity contribution is 5.31. The van der Waals surface area contributed by atoms with Crippen LogP contribution in [0.1, 0.15) is 5.56 Å². The van der Waals surface area contributed by atoms with Crippen molar-refractivity contribution in [3.63, 3.8) is 0 Å². The normalized spacial score (nSPS) is 10.3. The summed E-state index contributed by atoms with van der Waals surface area (Å²) in [7, 11) is 1.63. The summed E-state index contributed by atoms with van der Waals surface area (Å²) in [6, 6.07) is 14.2. The van der Waals surface area contributed by atoms with Crippen molar-refractivity contribution in [1.29, 1.82) is 0 Å². The molecular formula is C16H18FNO2. The van der Waals surface area contributed by atoms with Crippen LogP contribution in [-0.2, 0) is 6.54 Å². The topological polar surface area (TPSA) is 30.5 Å². The van der Waals surface area contributed by atoms with Gasteiger partial charge in [0.05, 0.1) is 7.11 Å². The first-order valence-corrected chi connectivity index (χ1v) is 6.50. The van der Waals surface area contributed by atoms with Gasteiger partial charge in [-0.25, -0.2) is 4.39 Å². The highest BCUT2D eigenvalue weighted by Crippen LogP contribution is 2.16. The molecule has 106 valence electrons. The van der Waals surface area contributed by atoms with Gasteiger partial charge in [-0.05, 0) is 30.3 Å². The van der Waals surface area contributed by atoms with Crippen LogP contribution < -0.4 is 14.8 Å². The van der Waals surface area contributed by atoms with Crippen LogP contribution in [0.2, 0.25) is 0 Å². The quantitative estimate of drug-likeness (QED) is 0.788. The number of hydrogen-bond donors (Lipinski definition) is 1. The molecule has 2 aromatic carbocycles. The SMILES string of the molecule is COc1ccc(OCCNCc2ccccc2F)cc1. The second-order valence-electron chi connectivity index (χ2n) is 4.29. The Hall–Kier alpha value is -2.07. The third-order valence-electron chi connectivity index (χ3n) is 2.88. The van der Waals surface area contributed by atoms with Gasteiger partial charge >= 0.3 is 0 Å². The molecule has 0 saturated carbocycles. The molecule has 3 nitrogen and oxygen atoms in total. The Kier molecular flexibility index (Phi) is 5.38. The van der Waals surface area contributed by atoms with E-state index in [9.17, 15) is 4.39 Å². The zero-order valence-corrected chi connectivity index (χ0v) is 11.4. The molecule has 0 aliphatic rings. The van der Waals surface area contributed by atoms with Gasteiger partial charge in [-0.2, -0.15) is 0 Å². The van der Waals surface area contributed by atoms with E-state index in [1.54, 1.807) is 19.2 Å². The van der Waals surface area contributed by atoms with Crippen LogP contribution in [0.25, 0.3) is 0 Å². The number of rotatable bonds is 7. The van der Waals surface area contributed by atoms with Gasteiger partial charge in [0, 0.05) is 18.7 Å². The van der Waals surface area contributed by atoms with Crippen molar-refractivity contribution in [2.45, 2.75) is 6.54 Å². The molecule has 0 heterocycles. The molecule has 2 rings (SSSR count). The summed E-state index contributed by atoms with van der Waals surface area (Å²) in [5, 5.41) is 3.15. The zero-order valence-electron chi connectivity index (χ0n) is 11.4. The van der Waals surface area contributed by atoms with Crippen LogP contribution in [0.15, 0.2) is 48.5 Å². The molecule has 1 N–H and O–H groups in total. The van der Waals surface area contributed by atoms with E-state index in [0.717, 1.165) is 11.5 Å². The first-order chi connectivity index (χ1) is 9.79. The fraction of sp³-hybridized carbons (Fsp3) is 0.250. The van der Waals surface area contributed by atoms with Gasteiger partial charge in [-0.15, -0.1) is 0 Å². The van der Waals surface area contributed by atoms with Gasteiger partial charge < -0.3 is 14.8 Å². The number of nitrogens with one attached hydrogen (secondary N) is 1. The maximum atomic E-state index is 13.4. The average Bonchev–Trinajstić information content (AvgIpc) is 2.49. The molecule has 20 heavy (non-hydrogen) atoms. The highest BCUT2D eigenvalue weighted by atomic mass is 19.1. The van der Waals surface area contributed by atoms with Crippen LogP contribution in [0.5, 0.6) is 11.5 Å². The van der Waals surface area contributed by atoms with Crippen LogP contribution in [-0.4, -0.2) is 20.3 Å². The van der Waals surface area contributed by atoms with E-state index >= 15 is 0 Å². The number of benzene rings is 2. The maximum absolute atomic E-state index is 13.4. The Morgan fingerprint density at radius 1 is 1.00 bits per heavy atom. The van der Waals surface area contributed by atoms with Gasteiger partial charge in [0.2, 0.25) is 0 Å². The summed E-state index contributed by atoms with van der Waals surface area (Å²) in [5.74, 6) is 1.41. The Bertz CT molecular complexity index is 528. The maximum Gasteiger partial charge on any atom is 0.127 e. The van der Waals surface area contributed by atoms with E-state index in [1.165, 1.54) is 6.07 Å². The Balaban J connectivity index is 1.67. The van der Waals surface area contributed by atoms with Crippen LogP contribution in [0, 0.1) is 5.82 Å². The van der Waals surface area contributed by atoms with Crippen molar-refractivity contribution in [1.82, 2.24) is 5.32 Å². The predicted octanol–water partition coefficient (Wildman–Crippen LogP) is 3.00. The minimum atomic E-state index is -0.184. The van der Waals surface area contributed by atoms with E-state index in [0.29, 0.717) is 25.3 Å². The number of hydrogen-bond acceptors (Lipinski definition) is 3. The molecule has 2 aromatic rings. The first kappa shape index (κ1) is 14.3. The van der Waals surface area contributed by atoms with E-state index in [-0.39, 0.29) is 5.82 Å². The summed E-state index contributed by atoms with van der Waals surface area (Å²) in [6.45, 7) is 1.68.